The Balaban J connectivity index is 1.79. The molecule has 162 valence electrons. The number of likely N-dealkylation sites (N-methyl/N-ethyl adjacent to an activating group) is 1. The number of ether oxygens (including phenoxy) is 1. The minimum absolute atomic E-state index is 0.0493. The van der Waals surface area contributed by atoms with Crippen LogP contribution in [0.1, 0.15) is 39.3 Å². The quantitative estimate of drug-likeness (QED) is 0.728. The molecular formula is C24H32FN3O2. The molecule has 2 aromatic carbocycles. The van der Waals surface area contributed by atoms with Crippen LogP contribution >= 0.6 is 0 Å². The van der Waals surface area contributed by atoms with Gasteiger partial charge in [-0.05, 0) is 50.7 Å². The number of hydrogen-bond acceptors (Lipinski definition) is 4. The highest BCUT2D eigenvalue weighted by Crippen LogP contribution is 2.28. The SMILES string of the molecule is CCN(CC)C(C(=O)Nc1ccc(N2CC(C)OC(C)C2)c(F)c1)c1ccccc1. The van der Waals surface area contributed by atoms with Crippen molar-refractivity contribution in [3.8, 4) is 0 Å². The first-order valence-corrected chi connectivity index (χ1v) is 10.7. The summed E-state index contributed by atoms with van der Waals surface area (Å²) in [4.78, 5) is 17.2. The Morgan fingerprint density at radius 1 is 1.13 bits per heavy atom. The lowest BCUT2D eigenvalue weighted by Crippen LogP contribution is -2.45. The molecule has 5 nitrogen and oxygen atoms in total. The molecule has 1 saturated heterocycles. The van der Waals surface area contributed by atoms with Gasteiger partial charge < -0.3 is 15.0 Å². The molecule has 1 aliphatic heterocycles. The summed E-state index contributed by atoms with van der Waals surface area (Å²) in [5.41, 5.74) is 1.93. The molecule has 3 unspecified atom stereocenters. The zero-order chi connectivity index (χ0) is 21.7. The number of anilines is 2. The van der Waals surface area contributed by atoms with E-state index < -0.39 is 6.04 Å². The Morgan fingerprint density at radius 2 is 1.77 bits per heavy atom. The molecular weight excluding hydrogens is 381 g/mol. The summed E-state index contributed by atoms with van der Waals surface area (Å²) in [6, 6.07) is 14.2. The van der Waals surface area contributed by atoms with Crippen LogP contribution in [0.2, 0.25) is 0 Å². The van der Waals surface area contributed by atoms with Crippen LogP contribution in [0.25, 0.3) is 0 Å². The summed E-state index contributed by atoms with van der Waals surface area (Å²) >= 11 is 0. The number of nitrogens with one attached hydrogen (secondary N) is 1. The predicted molar refractivity (Wildman–Crippen MR) is 119 cm³/mol. The van der Waals surface area contributed by atoms with Gasteiger partial charge in [-0.25, -0.2) is 4.39 Å². The van der Waals surface area contributed by atoms with Gasteiger partial charge in [0.25, 0.3) is 0 Å². The number of morpholine rings is 1. The fourth-order valence-electron chi connectivity index (χ4n) is 4.18. The van der Waals surface area contributed by atoms with Crippen molar-refractivity contribution in [3.05, 3.63) is 59.9 Å². The first kappa shape index (κ1) is 22.2. The minimum Gasteiger partial charge on any atom is -0.372 e. The van der Waals surface area contributed by atoms with E-state index >= 15 is 0 Å². The molecule has 1 amide bonds. The first-order chi connectivity index (χ1) is 14.4. The van der Waals surface area contributed by atoms with Gasteiger partial charge in [0.1, 0.15) is 11.9 Å². The summed E-state index contributed by atoms with van der Waals surface area (Å²) < 4.78 is 20.7. The van der Waals surface area contributed by atoms with E-state index in [1.54, 1.807) is 12.1 Å². The first-order valence-electron chi connectivity index (χ1n) is 10.7. The Bertz CT molecular complexity index is 832. The molecule has 3 rings (SSSR count). The fraction of sp³-hybridized carbons (Fsp3) is 0.458. The lowest BCUT2D eigenvalue weighted by atomic mass is 10.0. The van der Waals surface area contributed by atoms with Gasteiger partial charge in [-0.1, -0.05) is 44.2 Å². The average Bonchev–Trinajstić information content (AvgIpc) is 2.71. The van der Waals surface area contributed by atoms with Gasteiger partial charge in [0.2, 0.25) is 5.91 Å². The molecule has 0 spiro atoms. The zero-order valence-electron chi connectivity index (χ0n) is 18.3. The zero-order valence-corrected chi connectivity index (χ0v) is 18.3. The maximum absolute atomic E-state index is 14.9. The van der Waals surface area contributed by atoms with Crippen LogP contribution in [0.5, 0.6) is 0 Å². The molecule has 0 saturated carbocycles. The van der Waals surface area contributed by atoms with E-state index in [0.29, 0.717) is 24.5 Å². The van der Waals surface area contributed by atoms with Crippen LogP contribution in [0.4, 0.5) is 15.8 Å². The summed E-state index contributed by atoms with van der Waals surface area (Å²) in [5.74, 6) is -0.501. The number of halogens is 1. The minimum atomic E-state index is -0.426. The van der Waals surface area contributed by atoms with Crippen molar-refractivity contribution in [3.63, 3.8) is 0 Å². The number of hydrogen-bond donors (Lipinski definition) is 1. The van der Waals surface area contributed by atoms with Gasteiger partial charge in [0.15, 0.2) is 0 Å². The number of carbonyl (C=O) groups excluding carboxylic acids is 1. The van der Waals surface area contributed by atoms with Gasteiger partial charge >= 0.3 is 0 Å². The number of carbonyl (C=O) groups is 1. The van der Waals surface area contributed by atoms with Crippen molar-refractivity contribution in [1.82, 2.24) is 4.90 Å². The molecule has 0 bridgehead atoms. The lowest BCUT2D eigenvalue weighted by Gasteiger charge is -2.37. The van der Waals surface area contributed by atoms with Crippen molar-refractivity contribution in [2.24, 2.45) is 0 Å². The van der Waals surface area contributed by atoms with E-state index in [-0.39, 0.29) is 23.9 Å². The average molecular weight is 414 g/mol. The van der Waals surface area contributed by atoms with Gasteiger partial charge in [0, 0.05) is 18.8 Å². The third-order valence-electron chi connectivity index (χ3n) is 5.52. The molecule has 2 aromatic rings. The number of amides is 1. The van der Waals surface area contributed by atoms with Crippen LogP contribution in [0.15, 0.2) is 48.5 Å². The molecule has 0 aliphatic carbocycles. The molecule has 0 aromatic heterocycles. The van der Waals surface area contributed by atoms with Crippen LogP contribution in [0.3, 0.4) is 0 Å². The molecule has 0 radical (unpaired) electrons. The second-order valence-electron chi connectivity index (χ2n) is 7.85. The predicted octanol–water partition coefficient (Wildman–Crippen LogP) is 4.46. The second-order valence-corrected chi connectivity index (χ2v) is 7.85. The van der Waals surface area contributed by atoms with E-state index in [2.05, 4.69) is 10.2 Å². The third-order valence-corrected chi connectivity index (χ3v) is 5.52. The second kappa shape index (κ2) is 10.0. The standard InChI is InChI=1S/C24H32FN3O2/c1-5-27(6-2)23(19-10-8-7-9-11-19)24(29)26-20-12-13-22(21(25)14-20)28-15-17(3)30-18(4)16-28/h7-14,17-18,23H,5-6,15-16H2,1-4H3,(H,26,29). The van der Waals surface area contributed by atoms with Crippen LogP contribution in [-0.4, -0.2) is 49.2 Å². The highest BCUT2D eigenvalue weighted by atomic mass is 19.1. The molecule has 1 aliphatic rings. The smallest absolute Gasteiger partial charge is 0.246 e. The normalized spacial score (nSPS) is 20.3. The lowest BCUT2D eigenvalue weighted by molar-refractivity contribution is -0.121. The summed E-state index contributed by atoms with van der Waals surface area (Å²) in [5, 5.41) is 2.91. The fourth-order valence-corrected chi connectivity index (χ4v) is 4.18. The Morgan fingerprint density at radius 3 is 2.33 bits per heavy atom. The largest absolute Gasteiger partial charge is 0.372 e. The Kier molecular flexibility index (Phi) is 7.45. The van der Waals surface area contributed by atoms with E-state index in [0.717, 1.165) is 18.7 Å². The molecule has 1 fully saturated rings. The van der Waals surface area contributed by atoms with Crippen LogP contribution in [-0.2, 0) is 9.53 Å². The van der Waals surface area contributed by atoms with Gasteiger partial charge in [-0.15, -0.1) is 0 Å². The van der Waals surface area contributed by atoms with Gasteiger partial charge in [-0.2, -0.15) is 0 Å². The van der Waals surface area contributed by atoms with Crippen LogP contribution in [0, 0.1) is 5.82 Å². The molecule has 1 N–H and O–H groups in total. The van der Waals surface area contributed by atoms with E-state index in [4.69, 9.17) is 4.74 Å². The Hall–Kier alpha value is -2.44. The summed E-state index contributed by atoms with van der Waals surface area (Å²) in [7, 11) is 0. The van der Waals surface area contributed by atoms with E-state index in [1.165, 1.54) is 6.07 Å². The number of rotatable bonds is 7. The van der Waals surface area contributed by atoms with E-state index in [1.807, 2.05) is 62.9 Å². The highest BCUT2D eigenvalue weighted by Gasteiger charge is 2.27. The maximum atomic E-state index is 14.9. The van der Waals surface area contributed by atoms with Crippen molar-refractivity contribution < 1.29 is 13.9 Å². The van der Waals surface area contributed by atoms with Crippen molar-refractivity contribution >= 4 is 17.3 Å². The number of nitrogens with zero attached hydrogens (tertiary/aromatic N) is 2. The van der Waals surface area contributed by atoms with Crippen LogP contribution < -0.4 is 10.2 Å². The van der Waals surface area contributed by atoms with Crippen molar-refractivity contribution in [2.45, 2.75) is 45.9 Å². The topological polar surface area (TPSA) is 44.8 Å². The van der Waals surface area contributed by atoms with Crippen molar-refractivity contribution in [1.29, 1.82) is 0 Å². The summed E-state index contributed by atoms with van der Waals surface area (Å²) in [6.45, 7) is 10.8. The molecule has 3 atom stereocenters. The van der Waals surface area contributed by atoms with Gasteiger partial charge in [0.05, 0.1) is 17.9 Å². The number of benzene rings is 2. The molecule has 1 heterocycles. The maximum Gasteiger partial charge on any atom is 0.246 e. The Labute approximate surface area is 178 Å². The van der Waals surface area contributed by atoms with Crippen molar-refractivity contribution in [2.75, 3.05) is 36.4 Å². The van der Waals surface area contributed by atoms with Gasteiger partial charge in [-0.3, -0.25) is 9.69 Å². The molecule has 30 heavy (non-hydrogen) atoms. The highest BCUT2D eigenvalue weighted by molar-refractivity contribution is 5.95. The molecule has 6 heteroatoms. The third kappa shape index (κ3) is 5.18. The monoisotopic (exact) mass is 413 g/mol. The van der Waals surface area contributed by atoms with E-state index in [9.17, 15) is 9.18 Å². The summed E-state index contributed by atoms with van der Waals surface area (Å²) in [6.07, 6.45) is 0.0986.